The molecular formula is C15H22N2O. The molecule has 2 rings (SSSR count). The van der Waals surface area contributed by atoms with E-state index in [1.54, 1.807) is 0 Å². The van der Waals surface area contributed by atoms with Gasteiger partial charge in [0.15, 0.2) is 0 Å². The van der Waals surface area contributed by atoms with Gasteiger partial charge in [-0.3, -0.25) is 0 Å². The van der Waals surface area contributed by atoms with E-state index in [1.165, 1.54) is 5.52 Å². The number of aromatic nitrogens is 1. The molecule has 0 bridgehead atoms. The Morgan fingerprint density at radius 2 is 2.00 bits per heavy atom. The minimum atomic E-state index is -0.0851. The normalized spacial score (nSPS) is 12.3. The standard InChI is InChI=1S/C15H22N2O/c1-11(2)18-14-7-5-6-13-12(14)8-9-17(13)15(3,4)10-16/h5-9,11H,10,16H2,1-4H3. The largest absolute Gasteiger partial charge is 0.490 e. The summed E-state index contributed by atoms with van der Waals surface area (Å²) in [4.78, 5) is 0. The van der Waals surface area contributed by atoms with Crippen molar-refractivity contribution in [2.75, 3.05) is 6.54 Å². The number of benzene rings is 1. The molecule has 1 heterocycles. The molecule has 1 aromatic carbocycles. The second-order valence-electron chi connectivity index (χ2n) is 5.56. The average Bonchev–Trinajstić information content (AvgIpc) is 2.74. The summed E-state index contributed by atoms with van der Waals surface area (Å²) in [5.41, 5.74) is 6.94. The van der Waals surface area contributed by atoms with E-state index < -0.39 is 0 Å². The molecule has 0 amide bonds. The van der Waals surface area contributed by atoms with Gasteiger partial charge in [0.25, 0.3) is 0 Å². The van der Waals surface area contributed by atoms with E-state index in [1.807, 2.05) is 26.0 Å². The van der Waals surface area contributed by atoms with Gasteiger partial charge in [-0.2, -0.15) is 0 Å². The quantitative estimate of drug-likeness (QED) is 0.900. The Hall–Kier alpha value is -1.48. The maximum Gasteiger partial charge on any atom is 0.129 e. The van der Waals surface area contributed by atoms with Crippen molar-refractivity contribution < 1.29 is 4.74 Å². The van der Waals surface area contributed by atoms with Crippen LogP contribution in [0.15, 0.2) is 30.5 Å². The predicted molar refractivity (Wildman–Crippen MR) is 76.1 cm³/mol. The first-order valence-corrected chi connectivity index (χ1v) is 6.43. The molecule has 0 aliphatic heterocycles. The van der Waals surface area contributed by atoms with Crippen LogP contribution in [0.1, 0.15) is 27.7 Å². The van der Waals surface area contributed by atoms with E-state index in [0.29, 0.717) is 6.54 Å². The van der Waals surface area contributed by atoms with Crippen molar-refractivity contribution in [3.8, 4) is 5.75 Å². The first-order valence-electron chi connectivity index (χ1n) is 6.43. The van der Waals surface area contributed by atoms with Crippen LogP contribution in [0.2, 0.25) is 0 Å². The van der Waals surface area contributed by atoms with Crippen LogP contribution in [0, 0.1) is 0 Å². The number of ether oxygens (including phenoxy) is 1. The molecule has 98 valence electrons. The third-order valence-electron chi connectivity index (χ3n) is 3.21. The van der Waals surface area contributed by atoms with Crippen LogP contribution in [0.25, 0.3) is 10.9 Å². The number of fused-ring (bicyclic) bond motifs is 1. The van der Waals surface area contributed by atoms with E-state index in [2.05, 4.69) is 36.7 Å². The Balaban J connectivity index is 2.55. The second-order valence-corrected chi connectivity index (χ2v) is 5.56. The van der Waals surface area contributed by atoms with Gasteiger partial charge in [0.05, 0.1) is 17.2 Å². The molecule has 2 aromatic rings. The highest BCUT2D eigenvalue weighted by Crippen LogP contribution is 2.30. The summed E-state index contributed by atoms with van der Waals surface area (Å²) in [7, 11) is 0. The molecule has 0 atom stereocenters. The molecule has 2 N–H and O–H groups in total. The van der Waals surface area contributed by atoms with Gasteiger partial charge in [-0.1, -0.05) is 6.07 Å². The third-order valence-corrected chi connectivity index (χ3v) is 3.21. The summed E-state index contributed by atoms with van der Waals surface area (Å²) >= 11 is 0. The zero-order valence-electron chi connectivity index (χ0n) is 11.6. The Labute approximate surface area is 109 Å². The van der Waals surface area contributed by atoms with Crippen LogP contribution in [0.5, 0.6) is 5.75 Å². The molecule has 1 aromatic heterocycles. The lowest BCUT2D eigenvalue weighted by molar-refractivity contribution is 0.245. The lowest BCUT2D eigenvalue weighted by Gasteiger charge is -2.26. The third kappa shape index (κ3) is 2.23. The molecule has 0 radical (unpaired) electrons. The molecule has 0 saturated heterocycles. The minimum absolute atomic E-state index is 0.0851. The molecule has 18 heavy (non-hydrogen) atoms. The highest BCUT2D eigenvalue weighted by Gasteiger charge is 2.20. The van der Waals surface area contributed by atoms with Gasteiger partial charge in [-0.15, -0.1) is 0 Å². The maximum atomic E-state index is 5.86. The van der Waals surface area contributed by atoms with E-state index in [0.717, 1.165) is 11.1 Å². The van der Waals surface area contributed by atoms with E-state index in [4.69, 9.17) is 10.5 Å². The van der Waals surface area contributed by atoms with Crippen molar-refractivity contribution in [2.45, 2.75) is 39.3 Å². The highest BCUT2D eigenvalue weighted by molar-refractivity contribution is 5.86. The molecule has 0 aliphatic rings. The van der Waals surface area contributed by atoms with E-state index >= 15 is 0 Å². The van der Waals surface area contributed by atoms with Gasteiger partial charge in [0.1, 0.15) is 5.75 Å². The van der Waals surface area contributed by atoms with Crippen LogP contribution in [0.3, 0.4) is 0 Å². The van der Waals surface area contributed by atoms with Crippen LogP contribution >= 0.6 is 0 Å². The van der Waals surface area contributed by atoms with Crippen molar-refractivity contribution >= 4 is 10.9 Å². The van der Waals surface area contributed by atoms with Crippen LogP contribution < -0.4 is 10.5 Å². The zero-order valence-corrected chi connectivity index (χ0v) is 11.6. The SMILES string of the molecule is CC(C)Oc1cccc2c1ccn2C(C)(C)CN. The van der Waals surface area contributed by atoms with Crippen molar-refractivity contribution in [2.24, 2.45) is 5.73 Å². The lowest BCUT2D eigenvalue weighted by Crippen LogP contribution is -2.34. The van der Waals surface area contributed by atoms with Gasteiger partial charge in [-0.05, 0) is 45.9 Å². The number of hydrogen-bond donors (Lipinski definition) is 1. The fourth-order valence-corrected chi connectivity index (χ4v) is 2.12. The molecule has 0 fully saturated rings. The zero-order chi connectivity index (χ0) is 13.3. The second kappa shape index (κ2) is 4.65. The van der Waals surface area contributed by atoms with Gasteiger partial charge in [0.2, 0.25) is 0 Å². The number of nitrogens with two attached hydrogens (primary N) is 1. The molecule has 3 nitrogen and oxygen atoms in total. The van der Waals surface area contributed by atoms with Crippen molar-refractivity contribution in [1.29, 1.82) is 0 Å². The maximum absolute atomic E-state index is 5.86. The van der Waals surface area contributed by atoms with Gasteiger partial charge < -0.3 is 15.0 Å². The Bertz CT molecular complexity index is 540. The van der Waals surface area contributed by atoms with Crippen molar-refractivity contribution in [3.05, 3.63) is 30.5 Å². The fourth-order valence-electron chi connectivity index (χ4n) is 2.12. The summed E-state index contributed by atoms with van der Waals surface area (Å²) in [5, 5.41) is 1.15. The predicted octanol–water partition coefficient (Wildman–Crippen LogP) is 3.12. The molecule has 0 unspecified atom stereocenters. The van der Waals surface area contributed by atoms with Crippen LogP contribution in [-0.4, -0.2) is 17.2 Å². The van der Waals surface area contributed by atoms with Crippen molar-refractivity contribution in [1.82, 2.24) is 4.57 Å². The van der Waals surface area contributed by atoms with Gasteiger partial charge in [0, 0.05) is 18.1 Å². The Morgan fingerprint density at radius 3 is 2.61 bits per heavy atom. The average molecular weight is 246 g/mol. The first-order chi connectivity index (χ1) is 8.45. The smallest absolute Gasteiger partial charge is 0.129 e. The Kier molecular flexibility index (Phi) is 3.35. The van der Waals surface area contributed by atoms with Crippen LogP contribution in [-0.2, 0) is 5.54 Å². The molecule has 0 saturated carbocycles. The first kappa shape index (κ1) is 13.0. The summed E-state index contributed by atoms with van der Waals surface area (Å²) < 4.78 is 8.06. The summed E-state index contributed by atoms with van der Waals surface area (Å²) in [6.07, 6.45) is 2.27. The highest BCUT2D eigenvalue weighted by atomic mass is 16.5. The van der Waals surface area contributed by atoms with Crippen molar-refractivity contribution in [3.63, 3.8) is 0 Å². The minimum Gasteiger partial charge on any atom is -0.490 e. The fraction of sp³-hybridized carbons (Fsp3) is 0.467. The molecular weight excluding hydrogens is 224 g/mol. The summed E-state index contributed by atoms with van der Waals surface area (Å²) in [6.45, 7) is 8.97. The monoisotopic (exact) mass is 246 g/mol. The van der Waals surface area contributed by atoms with Crippen LogP contribution in [0.4, 0.5) is 0 Å². The Morgan fingerprint density at radius 1 is 1.28 bits per heavy atom. The lowest BCUT2D eigenvalue weighted by atomic mass is 10.1. The van der Waals surface area contributed by atoms with Gasteiger partial charge >= 0.3 is 0 Å². The molecule has 0 aliphatic carbocycles. The molecule has 3 heteroatoms. The summed E-state index contributed by atoms with van der Waals surface area (Å²) in [5.74, 6) is 0.939. The summed E-state index contributed by atoms with van der Waals surface area (Å²) in [6, 6.07) is 8.26. The van der Waals surface area contributed by atoms with Gasteiger partial charge in [-0.25, -0.2) is 0 Å². The number of rotatable bonds is 4. The van der Waals surface area contributed by atoms with E-state index in [-0.39, 0.29) is 11.6 Å². The number of nitrogens with zero attached hydrogens (tertiary/aromatic N) is 1. The molecule has 0 spiro atoms. The number of hydrogen-bond acceptors (Lipinski definition) is 2. The van der Waals surface area contributed by atoms with E-state index in [9.17, 15) is 0 Å². The topological polar surface area (TPSA) is 40.2 Å².